The molecule has 2 N–H and O–H groups in total. The molecule has 2 aromatic carbocycles. The standard InChI is InChI=1S/C52H79NO6S2/c1-4-6-7-8-9-10-11-12-13-14-15-16-17-25-36-61-49-40-47(53-56-3)45-38-41(26-21-23-32-54)44(29-22-24-33-55)50-46-39-42(57-35-37-60-43-27-19-18-20-28-43)30-31-48(46)59-52(49,51(45)50)58-34-5-2/h5,18-20,27-28,30-31,38-39,41,44,49-51,54-55H,2,4,6-17,21-26,29,32-37,40H2,1,3H3/t41-,44+,49-,50+,51+,52+/m0/s1. The fourth-order valence-corrected chi connectivity index (χ4v) is 12.2. The van der Waals surface area contributed by atoms with E-state index in [9.17, 15) is 10.2 Å². The number of rotatable bonds is 33. The summed E-state index contributed by atoms with van der Waals surface area (Å²) in [6.07, 6.45) is 29.3. The van der Waals surface area contributed by atoms with Crippen LogP contribution in [0.1, 0.15) is 153 Å². The van der Waals surface area contributed by atoms with E-state index < -0.39 is 5.79 Å². The fourth-order valence-electron chi connectivity index (χ4n) is 10.0. The molecule has 61 heavy (non-hydrogen) atoms. The van der Waals surface area contributed by atoms with Crippen LogP contribution < -0.4 is 9.47 Å². The van der Waals surface area contributed by atoms with Crippen LogP contribution in [0.25, 0.3) is 0 Å². The highest BCUT2D eigenvalue weighted by molar-refractivity contribution is 8.00. The molecule has 0 spiro atoms. The van der Waals surface area contributed by atoms with Crippen LogP contribution in [0.3, 0.4) is 0 Å². The Labute approximate surface area is 378 Å². The first-order chi connectivity index (χ1) is 30.1. The summed E-state index contributed by atoms with van der Waals surface area (Å²) in [5, 5.41) is 24.5. The molecular weight excluding hydrogens is 799 g/mol. The lowest BCUT2D eigenvalue weighted by molar-refractivity contribution is -0.223. The molecule has 0 bridgehead atoms. The van der Waals surface area contributed by atoms with Crippen LogP contribution in [0.5, 0.6) is 11.5 Å². The van der Waals surface area contributed by atoms with Crippen LogP contribution in [-0.4, -0.2) is 72.0 Å². The molecular formula is C52H79NO6S2. The Morgan fingerprint density at radius 1 is 0.820 bits per heavy atom. The fraction of sp³-hybridized carbons (Fsp3) is 0.673. The molecule has 5 rings (SSSR count). The van der Waals surface area contributed by atoms with E-state index in [1.165, 1.54) is 100 Å². The Balaban J connectivity index is 1.35. The summed E-state index contributed by atoms with van der Waals surface area (Å²) < 4.78 is 20.9. The minimum absolute atomic E-state index is 0.00362. The maximum atomic E-state index is 9.93. The number of ether oxygens (including phenoxy) is 3. The molecule has 0 amide bonds. The van der Waals surface area contributed by atoms with Gasteiger partial charge < -0.3 is 29.3 Å². The normalized spacial score (nSPS) is 23.5. The van der Waals surface area contributed by atoms with Crippen molar-refractivity contribution in [3.05, 3.63) is 78.4 Å². The lowest BCUT2D eigenvalue weighted by Crippen LogP contribution is -2.64. The molecule has 340 valence electrons. The zero-order valence-corrected chi connectivity index (χ0v) is 39.4. The summed E-state index contributed by atoms with van der Waals surface area (Å²) in [6.45, 7) is 7.73. The number of allylic oxidation sites excluding steroid dienone is 1. The van der Waals surface area contributed by atoms with Crippen molar-refractivity contribution in [3.63, 3.8) is 0 Å². The summed E-state index contributed by atoms with van der Waals surface area (Å²) in [4.78, 5) is 6.86. The lowest BCUT2D eigenvalue weighted by atomic mass is 9.56. The first kappa shape index (κ1) is 49.6. The highest BCUT2D eigenvalue weighted by Crippen LogP contribution is 2.62. The Kier molecular flexibility index (Phi) is 23.1. The summed E-state index contributed by atoms with van der Waals surface area (Å²) in [7, 11) is 1.66. The first-order valence-corrected chi connectivity index (χ1v) is 26.2. The molecule has 0 saturated heterocycles. The molecule has 0 radical (unpaired) electrons. The number of aliphatic hydroxyl groups is 2. The Morgan fingerprint density at radius 3 is 2.15 bits per heavy atom. The van der Waals surface area contributed by atoms with Crippen LogP contribution in [0.15, 0.2) is 82.9 Å². The van der Waals surface area contributed by atoms with Gasteiger partial charge in [0.25, 0.3) is 0 Å². The molecule has 3 aliphatic rings. The number of thioether (sulfide) groups is 2. The van der Waals surface area contributed by atoms with Gasteiger partial charge in [-0.05, 0) is 85.6 Å². The van der Waals surface area contributed by atoms with Crippen molar-refractivity contribution < 1.29 is 29.3 Å². The van der Waals surface area contributed by atoms with Gasteiger partial charge in [0, 0.05) is 41.8 Å². The van der Waals surface area contributed by atoms with E-state index in [1.807, 2.05) is 23.9 Å². The monoisotopic (exact) mass is 878 g/mol. The van der Waals surface area contributed by atoms with Gasteiger partial charge in [0.15, 0.2) is 0 Å². The maximum absolute atomic E-state index is 9.93. The molecule has 6 atom stereocenters. The minimum Gasteiger partial charge on any atom is -0.493 e. The van der Waals surface area contributed by atoms with Gasteiger partial charge in [-0.3, -0.25) is 0 Å². The van der Waals surface area contributed by atoms with Gasteiger partial charge in [-0.25, -0.2) is 0 Å². The Morgan fingerprint density at radius 2 is 1.49 bits per heavy atom. The van der Waals surface area contributed by atoms with Crippen LogP contribution in [0.2, 0.25) is 0 Å². The number of unbranched alkanes of at least 4 members (excludes halogenated alkanes) is 15. The van der Waals surface area contributed by atoms with Gasteiger partial charge in [0.2, 0.25) is 5.79 Å². The van der Waals surface area contributed by atoms with E-state index in [0.717, 1.165) is 72.8 Å². The van der Waals surface area contributed by atoms with E-state index >= 15 is 0 Å². The summed E-state index contributed by atoms with van der Waals surface area (Å²) >= 11 is 3.78. The van der Waals surface area contributed by atoms with E-state index in [4.69, 9.17) is 24.2 Å². The van der Waals surface area contributed by atoms with Crippen molar-refractivity contribution in [1.82, 2.24) is 0 Å². The zero-order valence-electron chi connectivity index (χ0n) is 37.8. The van der Waals surface area contributed by atoms with Crippen molar-refractivity contribution in [2.24, 2.45) is 22.9 Å². The van der Waals surface area contributed by atoms with Crippen molar-refractivity contribution in [2.75, 3.05) is 45.0 Å². The summed E-state index contributed by atoms with van der Waals surface area (Å²) in [6, 6.07) is 16.9. The number of aliphatic hydroxyl groups excluding tert-OH is 2. The lowest BCUT2D eigenvalue weighted by Gasteiger charge is -2.58. The number of hydrogen-bond donors (Lipinski definition) is 2. The van der Waals surface area contributed by atoms with E-state index in [2.05, 4.69) is 62.0 Å². The largest absolute Gasteiger partial charge is 0.493 e. The molecule has 9 heteroatoms. The van der Waals surface area contributed by atoms with Gasteiger partial charge >= 0.3 is 0 Å². The van der Waals surface area contributed by atoms with E-state index in [1.54, 1.807) is 18.9 Å². The Hall–Kier alpha value is -2.43. The number of nitrogens with zero attached hydrogens (tertiary/aromatic N) is 1. The van der Waals surface area contributed by atoms with Gasteiger partial charge in [-0.15, -0.1) is 18.3 Å². The third kappa shape index (κ3) is 14.8. The quantitative estimate of drug-likeness (QED) is 0.0317. The van der Waals surface area contributed by atoms with E-state index in [0.29, 0.717) is 19.6 Å². The molecule has 1 heterocycles. The molecule has 0 aromatic heterocycles. The van der Waals surface area contributed by atoms with Crippen molar-refractivity contribution in [1.29, 1.82) is 0 Å². The number of benzene rings is 2. The van der Waals surface area contributed by atoms with Gasteiger partial charge in [-0.2, -0.15) is 11.8 Å². The second-order valence-corrected chi connectivity index (χ2v) is 19.9. The minimum atomic E-state index is -0.925. The number of oxime groups is 1. The molecule has 1 fully saturated rings. The number of hydrogen-bond acceptors (Lipinski definition) is 9. The molecule has 0 unspecified atom stereocenters. The molecule has 2 aliphatic carbocycles. The van der Waals surface area contributed by atoms with Crippen LogP contribution >= 0.6 is 23.5 Å². The summed E-state index contributed by atoms with van der Waals surface area (Å²) in [5.74, 6) is 3.16. The maximum Gasteiger partial charge on any atom is 0.230 e. The van der Waals surface area contributed by atoms with Gasteiger partial charge in [-0.1, -0.05) is 139 Å². The summed E-state index contributed by atoms with van der Waals surface area (Å²) in [5.41, 5.74) is 3.33. The van der Waals surface area contributed by atoms with Gasteiger partial charge in [0.05, 0.1) is 30.1 Å². The van der Waals surface area contributed by atoms with Crippen LogP contribution in [0.4, 0.5) is 0 Å². The third-order valence-electron chi connectivity index (χ3n) is 13.0. The first-order valence-electron chi connectivity index (χ1n) is 24.1. The highest BCUT2D eigenvalue weighted by atomic mass is 32.2. The zero-order chi connectivity index (χ0) is 43.0. The molecule has 2 aromatic rings. The molecule has 7 nitrogen and oxygen atoms in total. The SMILES string of the molecule is C=CCO[C@@]12Oc3ccc(OCCSc4ccccc4)cc3[C@H]3[C@H](CCCCO)[C@@H](CCCCO)C=C(C(=NOC)C[C@@H]1SCCCCCCCCCCCCCCCC)[C@H]32. The van der Waals surface area contributed by atoms with Gasteiger partial charge in [0.1, 0.15) is 18.6 Å². The predicted molar refractivity (Wildman–Crippen MR) is 257 cm³/mol. The number of fused-ring (bicyclic) bond motifs is 2. The smallest absolute Gasteiger partial charge is 0.230 e. The third-order valence-corrected chi connectivity index (χ3v) is 15.4. The topological polar surface area (TPSA) is 89.7 Å². The molecule has 1 aliphatic heterocycles. The second kappa shape index (κ2) is 28.4. The van der Waals surface area contributed by atoms with Crippen LogP contribution in [-0.2, 0) is 9.57 Å². The van der Waals surface area contributed by atoms with Crippen molar-refractivity contribution >= 4 is 29.2 Å². The Bertz CT molecular complexity index is 1590. The highest BCUT2D eigenvalue weighted by Gasteiger charge is 2.63. The van der Waals surface area contributed by atoms with Crippen molar-refractivity contribution in [2.45, 2.75) is 164 Å². The van der Waals surface area contributed by atoms with Crippen molar-refractivity contribution in [3.8, 4) is 11.5 Å². The van der Waals surface area contributed by atoms with Crippen LogP contribution in [0, 0.1) is 17.8 Å². The predicted octanol–water partition coefficient (Wildman–Crippen LogP) is 13.3. The average molecular weight is 878 g/mol. The van der Waals surface area contributed by atoms with E-state index in [-0.39, 0.29) is 42.1 Å². The molecule has 1 saturated carbocycles. The second-order valence-electron chi connectivity index (χ2n) is 17.4. The average Bonchev–Trinajstić information content (AvgIpc) is 3.28.